The van der Waals surface area contributed by atoms with Crippen LogP contribution in [-0.2, 0) is 4.79 Å². The number of hydrogen-bond acceptors (Lipinski definition) is 2. The van der Waals surface area contributed by atoms with Crippen molar-refractivity contribution in [3.05, 3.63) is 0 Å². The molecular weight excluding hydrogens is 232 g/mol. The van der Waals surface area contributed by atoms with Crippen LogP contribution in [0.25, 0.3) is 0 Å². The molecule has 5 nitrogen and oxygen atoms in total. The van der Waals surface area contributed by atoms with Crippen molar-refractivity contribution in [2.75, 3.05) is 6.54 Å². The molecule has 5 heteroatoms. The molecule has 2 heterocycles. The van der Waals surface area contributed by atoms with E-state index in [9.17, 15) is 9.59 Å². The maximum Gasteiger partial charge on any atom is 0.326 e. The number of carboxylic acids is 1. The SMILES string of the molecule is CCC1CCC(C)N1C(=O)N1CCC[C@H]1C(=O)O. The first kappa shape index (κ1) is 13.2. The average Bonchev–Trinajstić information content (AvgIpc) is 2.94. The first-order chi connectivity index (χ1) is 8.56. The van der Waals surface area contributed by atoms with Crippen LogP contribution in [0.1, 0.15) is 46.0 Å². The molecule has 0 spiro atoms. The molecule has 1 N–H and O–H groups in total. The normalized spacial score (nSPS) is 32.0. The van der Waals surface area contributed by atoms with E-state index in [4.69, 9.17) is 5.11 Å². The highest BCUT2D eigenvalue weighted by Crippen LogP contribution is 2.29. The molecule has 0 aromatic heterocycles. The lowest BCUT2D eigenvalue weighted by molar-refractivity contribution is -0.141. The number of carbonyl (C=O) groups excluding carboxylic acids is 1. The third kappa shape index (κ3) is 2.18. The van der Waals surface area contributed by atoms with Crippen molar-refractivity contribution >= 4 is 12.0 Å². The van der Waals surface area contributed by atoms with Crippen LogP contribution in [-0.4, -0.2) is 51.6 Å². The Hall–Kier alpha value is -1.26. The first-order valence-corrected chi connectivity index (χ1v) is 6.88. The van der Waals surface area contributed by atoms with Crippen molar-refractivity contribution < 1.29 is 14.7 Å². The molecule has 0 aromatic carbocycles. The van der Waals surface area contributed by atoms with Gasteiger partial charge in [-0.05, 0) is 39.0 Å². The van der Waals surface area contributed by atoms with Crippen molar-refractivity contribution in [2.45, 2.75) is 64.1 Å². The number of carbonyl (C=O) groups is 2. The lowest BCUT2D eigenvalue weighted by atomic mass is 10.1. The monoisotopic (exact) mass is 254 g/mol. The molecule has 102 valence electrons. The second-order valence-corrected chi connectivity index (χ2v) is 5.37. The summed E-state index contributed by atoms with van der Waals surface area (Å²) >= 11 is 0. The number of carboxylic acid groups (broad SMARTS) is 1. The van der Waals surface area contributed by atoms with E-state index in [0.717, 1.165) is 25.7 Å². The van der Waals surface area contributed by atoms with E-state index >= 15 is 0 Å². The fraction of sp³-hybridized carbons (Fsp3) is 0.846. The van der Waals surface area contributed by atoms with Gasteiger partial charge in [-0.25, -0.2) is 9.59 Å². The van der Waals surface area contributed by atoms with E-state index in [1.54, 1.807) is 4.90 Å². The highest BCUT2D eigenvalue weighted by molar-refractivity contribution is 5.83. The summed E-state index contributed by atoms with van der Waals surface area (Å²) in [5.41, 5.74) is 0. The van der Waals surface area contributed by atoms with Crippen molar-refractivity contribution in [3.8, 4) is 0 Å². The molecule has 18 heavy (non-hydrogen) atoms. The van der Waals surface area contributed by atoms with E-state index in [0.29, 0.717) is 13.0 Å². The Kier molecular flexibility index (Phi) is 3.78. The van der Waals surface area contributed by atoms with Gasteiger partial charge in [0.05, 0.1) is 0 Å². The fourth-order valence-corrected chi connectivity index (χ4v) is 3.22. The zero-order valence-electron chi connectivity index (χ0n) is 11.1. The summed E-state index contributed by atoms with van der Waals surface area (Å²) in [4.78, 5) is 27.1. The average molecular weight is 254 g/mol. The van der Waals surface area contributed by atoms with Crippen LogP contribution in [0.2, 0.25) is 0 Å². The molecule has 2 rings (SSSR count). The van der Waals surface area contributed by atoms with Gasteiger partial charge in [0.2, 0.25) is 0 Å². The van der Waals surface area contributed by atoms with E-state index in [-0.39, 0.29) is 18.1 Å². The maximum atomic E-state index is 12.5. The first-order valence-electron chi connectivity index (χ1n) is 6.88. The van der Waals surface area contributed by atoms with Crippen LogP contribution >= 0.6 is 0 Å². The summed E-state index contributed by atoms with van der Waals surface area (Å²) in [5, 5.41) is 9.15. The Labute approximate surface area is 108 Å². The second-order valence-electron chi connectivity index (χ2n) is 5.37. The molecule has 2 aliphatic rings. The molecule has 0 radical (unpaired) electrons. The van der Waals surface area contributed by atoms with Crippen LogP contribution in [0.3, 0.4) is 0 Å². The van der Waals surface area contributed by atoms with Crippen LogP contribution < -0.4 is 0 Å². The Morgan fingerprint density at radius 1 is 1.28 bits per heavy atom. The summed E-state index contributed by atoms with van der Waals surface area (Å²) in [6.45, 7) is 4.72. The lowest BCUT2D eigenvalue weighted by Crippen LogP contribution is -2.51. The number of likely N-dealkylation sites (tertiary alicyclic amines) is 2. The molecule has 0 aromatic rings. The smallest absolute Gasteiger partial charge is 0.326 e. The van der Waals surface area contributed by atoms with Gasteiger partial charge in [-0.1, -0.05) is 6.92 Å². The van der Waals surface area contributed by atoms with Crippen LogP contribution in [0.15, 0.2) is 0 Å². The standard InChI is InChI=1S/C13H22N2O3/c1-3-10-7-6-9(2)15(10)13(18)14-8-4-5-11(14)12(16)17/h9-11H,3-8H2,1-2H3,(H,16,17)/t9?,10?,11-/m0/s1. The van der Waals surface area contributed by atoms with Gasteiger partial charge in [0.15, 0.2) is 0 Å². The zero-order chi connectivity index (χ0) is 13.3. The minimum Gasteiger partial charge on any atom is -0.480 e. The molecule has 2 saturated heterocycles. The van der Waals surface area contributed by atoms with Gasteiger partial charge in [-0.3, -0.25) is 0 Å². The maximum absolute atomic E-state index is 12.5. The van der Waals surface area contributed by atoms with Crippen molar-refractivity contribution in [1.82, 2.24) is 9.80 Å². The highest BCUT2D eigenvalue weighted by atomic mass is 16.4. The zero-order valence-corrected chi connectivity index (χ0v) is 11.1. The fourth-order valence-electron chi connectivity index (χ4n) is 3.22. The largest absolute Gasteiger partial charge is 0.480 e. The van der Waals surface area contributed by atoms with Gasteiger partial charge in [0.1, 0.15) is 6.04 Å². The predicted octanol–water partition coefficient (Wildman–Crippen LogP) is 1.92. The summed E-state index contributed by atoms with van der Waals surface area (Å²) in [5.74, 6) is -0.874. The Bertz CT molecular complexity index is 345. The summed E-state index contributed by atoms with van der Waals surface area (Å²) < 4.78 is 0. The Balaban J connectivity index is 2.12. The Morgan fingerprint density at radius 3 is 2.61 bits per heavy atom. The van der Waals surface area contributed by atoms with Gasteiger partial charge < -0.3 is 14.9 Å². The second kappa shape index (κ2) is 5.16. The molecule has 2 fully saturated rings. The minimum atomic E-state index is -0.874. The molecule has 0 bridgehead atoms. The van der Waals surface area contributed by atoms with Crippen LogP contribution in [0.5, 0.6) is 0 Å². The van der Waals surface area contributed by atoms with Gasteiger partial charge in [0.25, 0.3) is 0 Å². The third-order valence-corrected chi connectivity index (χ3v) is 4.26. The van der Waals surface area contributed by atoms with E-state index in [2.05, 4.69) is 13.8 Å². The molecule has 3 atom stereocenters. The Morgan fingerprint density at radius 2 is 2.00 bits per heavy atom. The molecule has 2 aliphatic heterocycles. The van der Waals surface area contributed by atoms with Crippen LogP contribution in [0, 0.1) is 0 Å². The van der Waals surface area contributed by atoms with Crippen LogP contribution in [0.4, 0.5) is 4.79 Å². The van der Waals surface area contributed by atoms with E-state index < -0.39 is 12.0 Å². The summed E-state index contributed by atoms with van der Waals surface area (Å²) in [6, 6.07) is -0.181. The number of nitrogens with zero attached hydrogens (tertiary/aromatic N) is 2. The molecule has 0 saturated carbocycles. The van der Waals surface area contributed by atoms with Gasteiger partial charge in [-0.15, -0.1) is 0 Å². The number of amides is 2. The summed E-state index contributed by atoms with van der Waals surface area (Å²) in [7, 11) is 0. The van der Waals surface area contributed by atoms with Crippen molar-refractivity contribution in [3.63, 3.8) is 0 Å². The third-order valence-electron chi connectivity index (χ3n) is 4.26. The van der Waals surface area contributed by atoms with Gasteiger partial charge in [0, 0.05) is 18.6 Å². The van der Waals surface area contributed by atoms with Crippen molar-refractivity contribution in [1.29, 1.82) is 0 Å². The van der Waals surface area contributed by atoms with E-state index in [1.807, 2.05) is 4.90 Å². The topological polar surface area (TPSA) is 60.9 Å². The molecule has 2 amide bonds. The lowest BCUT2D eigenvalue weighted by Gasteiger charge is -2.34. The number of aliphatic carboxylic acids is 1. The number of urea groups is 1. The minimum absolute atomic E-state index is 0.0725. The predicted molar refractivity (Wildman–Crippen MR) is 67.4 cm³/mol. The quantitative estimate of drug-likeness (QED) is 0.819. The highest BCUT2D eigenvalue weighted by Gasteiger charge is 2.41. The van der Waals surface area contributed by atoms with Crippen molar-refractivity contribution in [2.24, 2.45) is 0 Å². The molecular formula is C13H22N2O3. The molecule has 0 aliphatic carbocycles. The summed E-state index contributed by atoms with van der Waals surface area (Å²) in [6.07, 6.45) is 4.38. The van der Waals surface area contributed by atoms with Gasteiger partial charge >= 0.3 is 12.0 Å². The molecule has 2 unspecified atom stereocenters. The number of hydrogen-bond donors (Lipinski definition) is 1. The number of rotatable bonds is 2. The van der Waals surface area contributed by atoms with Gasteiger partial charge in [-0.2, -0.15) is 0 Å². The van der Waals surface area contributed by atoms with E-state index in [1.165, 1.54) is 0 Å².